The predicted octanol–water partition coefficient (Wildman–Crippen LogP) is 0.323. The minimum absolute atomic E-state index is 0.0552. The molecule has 0 saturated carbocycles. The lowest BCUT2D eigenvalue weighted by Gasteiger charge is -2.23. The lowest BCUT2D eigenvalue weighted by Crippen LogP contribution is -2.48. The molecule has 2 heterocycles. The van der Waals surface area contributed by atoms with E-state index >= 15 is 0 Å². The first-order valence-corrected chi connectivity index (χ1v) is 7.75. The summed E-state index contributed by atoms with van der Waals surface area (Å²) in [4.78, 5) is 0.990. The van der Waals surface area contributed by atoms with E-state index in [-0.39, 0.29) is 6.04 Å². The highest BCUT2D eigenvalue weighted by Gasteiger charge is 2.19. The van der Waals surface area contributed by atoms with Crippen molar-refractivity contribution in [3.63, 3.8) is 0 Å². The molecule has 5 nitrogen and oxygen atoms in total. The second-order valence-corrected chi connectivity index (χ2v) is 7.22. The zero-order valence-electron chi connectivity index (χ0n) is 9.60. The smallest absolute Gasteiger partial charge is 0.250 e. The number of hydrogen-bond donors (Lipinski definition) is 2. The van der Waals surface area contributed by atoms with E-state index in [2.05, 4.69) is 10.0 Å². The number of rotatable bonds is 4. The third-order valence-electron chi connectivity index (χ3n) is 2.50. The summed E-state index contributed by atoms with van der Waals surface area (Å²) in [7, 11) is -3.37. The van der Waals surface area contributed by atoms with Crippen molar-refractivity contribution in [1.29, 1.82) is 0 Å². The quantitative estimate of drug-likeness (QED) is 0.831. The highest BCUT2D eigenvalue weighted by atomic mass is 32.2. The van der Waals surface area contributed by atoms with Crippen LogP contribution in [0.2, 0.25) is 0 Å². The molecule has 1 unspecified atom stereocenters. The van der Waals surface area contributed by atoms with Gasteiger partial charge in [-0.2, -0.15) is 0 Å². The Morgan fingerprint density at radius 1 is 1.59 bits per heavy atom. The largest absolute Gasteiger partial charge is 0.378 e. The van der Waals surface area contributed by atoms with Crippen LogP contribution in [-0.4, -0.2) is 40.8 Å². The van der Waals surface area contributed by atoms with Crippen LogP contribution < -0.4 is 10.0 Å². The molecule has 1 fully saturated rings. The van der Waals surface area contributed by atoms with Crippen LogP contribution in [0.25, 0.3) is 0 Å². The first-order valence-electron chi connectivity index (χ1n) is 5.45. The van der Waals surface area contributed by atoms with E-state index in [0.717, 1.165) is 11.4 Å². The van der Waals surface area contributed by atoms with E-state index in [1.807, 2.05) is 6.92 Å². The summed E-state index contributed by atoms with van der Waals surface area (Å²) in [6.45, 7) is 4.25. The van der Waals surface area contributed by atoms with Crippen molar-refractivity contribution in [3.8, 4) is 0 Å². The summed E-state index contributed by atoms with van der Waals surface area (Å²) < 4.78 is 32.1. The number of thiophene rings is 1. The number of sulfonamides is 1. The molecule has 0 aliphatic carbocycles. The predicted molar refractivity (Wildman–Crippen MR) is 66.9 cm³/mol. The van der Waals surface area contributed by atoms with E-state index in [4.69, 9.17) is 4.74 Å². The summed E-state index contributed by atoms with van der Waals surface area (Å²) in [6, 6.07) is 3.49. The van der Waals surface area contributed by atoms with Gasteiger partial charge in [0.15, 0.2) is 0 Å². The molecule has 1 aliphatic heterocycles. The molecule has 17 heavy (non-hydrogen) atoms. The Bertz CT molecular complexity index is 464. The van der Waals surface area contributed by atoms with Gasteiger partial charge in [-0.25, -0.2) is 13.1 Å². The molecular weight excluding hydrogens is 260 g/mol. The summed E-state index contributed by atoms with van der Waals surface area (Å²) in [5, 5.41) is 3.20. The molecule has 2 N–H and O–H groups in total. The zero-order chi connectivity index (χ0) is 12.3. The van der Waals surface area contributed by atoms with E-state index in [1.54, 1.807) is 12.1 Å². The molecule has 1 aliphatic rings. The van der Waals surface area contributed by atoms with Crippen LogP contribution in [-0.2, 0) is 14.8 Å². The minimum Gasteiger partial charge on any atom is -0.378 e. The van der Waals surface area contributed by atoms with Gasteiger partial charge in [0, 0.05) is 24.0 Å². The number of ether oxygens (including phenoxy) is 1. The Kier molecular flexibility index (Phi) is 4.16. The second kappa shape index (κ2) is 5.45. The fourth-order valence-corrected chi connectivity index (χ4v) is 4.00. The van der Waals surface area contributed by atoms with Crippen LogP contribution in [0.3, 0.4) is 0 Å². The van der Waals surface area contributed by atoms with Gasteiger partial charge in [-0.1, -0.05) is 0 Å². The van der Waals surface area contributed by atoms with Crippen molar-refractivity contribution < 1.29 is 13.2 Å². The fourth-order valence-electron chi connectivity index (χ4n) is 1.59. The third kappa shape index (κ3) is 3.49. The molecule has 1 atom stereocenters. The first kappa shape index (κ1) is 13.0. The normalized spacial score (nSPS) is 21.6. The van der Waals surface area contributed by atoms with Crippen LogP contribution in [0.15, 0.2) is 16.3 Å². The summed E-state index contributed by atoms with van der Waals surface area (Å²) >= 11 is 1.28. The molecule has 0 aromatic carbocycles. The van der Waals surface area contributed by atoms with Gasteiger partial charge in [0.25, 0.3) is 0 Å². The van der Waals surface area contributed by atoms with E-state index in [0.29, 0.717) is 24.0 Å². The van der Waals surface area contributed by atoms with Crippen LogP contribution in [0.5, 0.6) is 0 Å². The summed E-state index contributed by atoms with van der Waals surface area (Å²) in [6.07, 6.45) is 0. The Morgan fingerprint density at radius 3 is 3.00 bits per heavy atom. The van der Waals surface area contributed by atoms with Crippen LogP contribution in [0.1, 0.15) is 4.88 Å². The van der Waals surface area contributed by atoms with Gasteiger partial charge >= 0.3 is 0 Å². The molecule has 0 bridgehead atoms. The third-order valence-corrected chi connectivity index (χ3v) is 5.41. The molecule has 0 radical (unpaired) electrons. The maximum absolute atomic E-state index is 11.9. The molecule has 0 spiro atoms. The van der Waals surface area contributed by atoms with Crippen molar-refractivity contribution >= 4 is 21.4 Å². The van der Waals surface area contributed by atoms with E-state index in [9.17, 15) is 8.42 Å². The average Bonchev–Trinajstić information content (AvgIpc) is 2.76. The minimum atomic E-state index is -3.37. The van der Waals surface area contributed by atoms with Gasteiger partial charge in [0.1, 0.15) is 4.21 Å². The molecule has 0 amide bonds. The highest BCUT2D eigenvalue weighted by molar-refractivity contribution is 7.91. The Morgan fingerprint density at radius 2 is 2.41 bits per heavy atom. The maximum atomic E-state index is 11.9. The maximum Gasteiger partial charge on any atom is 0.250 e. The SMILES string of the molecule is Cc1ccc(S(=O)(=O)NCC2COCCN2)s1. The van der Waals surface area contributed by atoms with Crippen LogP contribution in [0, 0.1) is 6.92 Å². The lowest BCUT2D eigenvalue weighted by molar-refractivity contribution is 0.0784. The lowest BCUT2D eigenvalue weighted by atomic mass is 10.3. The van der Waals surface area contributed by atoms with Crippen molar-refractivity contribution in [2.75, 3.05) is 26.3 Å². The first-order chi connectivity index (χ1) is 8.08. The van der Waals surface area contributed by atoms with Crippen molar-refractivity contribution in [2.24, 2.45) is 0 Å². The van der Waals surface area contributed by atoms with Gasteiger partial charge in [0.05, 0.1) is 13.2 Å². The zero-order valence-corrected chi connectivity index (χ0v) is 11.2. The van der Waals surface area contributed by atoms with Gasteiger partial charge in [0.2, 0.25) is 10.0 Å². The van der Waals surface area contributed by atoms with E-state index in [1.165, 1.54) is 11.3 Å². The number of aryl methyl sites for hydroxylation is 1. The molecule has 1 aromatic heterocycles. The van der Waals surface area contributed by atoms with Crippen LogP contribution in [0.4, 0.5) is 0 Å². The standard InChI is InChI=1S/C10H16N2O3S2/c1-8-2-3-10(16-8)17(13,14)12-6-9-7-15-5-4-11-9/h2-3,9,11-12H,4-7H2,1H3. The summed E-state index contributed by atoms with van der Waals surface area (Å²) in [5.41, 5.74) is 0. The van der Waals surface area contributed by atoms with Crippen LogP contribution >= 0.6 is 11.3 Å². The Balaban J connectivity index is 1.93. The average molecular weight is 276 g/mol. The van der Waals surface area contributed by atoms with Crippen molar-refractivity contribution in [2.45, 2.75) is 17.2 Å². The summed E-state index contributed by atoms with van der Waals surface area (Å²) in [5.74, 6) is 0. The highest BCUT2D eigenvalue weighted by Crippen LogP contribution is 2.20. The number of nitrogens with one attached hydrogen (secondary N) is 2. The molecule has 1 saturated heterocycles. The van der Waals surface area contributed by atoms with Crippen molar-refractivity contribution in [3.05, 3.63) is 17.0 Å². The van der Waals surface area contributed by atoms with Crippen molar-refractivity contribution in [1.82, 2.24) is 10.0 Å². The Labute approximate surface area is 105 Å². The topological polar surface area (TPSA) is 67.4 Å². The molecule has 96 valence electrons. The van der Waals surface area contributed by atoms with Gasteiger partial charge in [-0.3, -0.25) is 0 Å². The van der Waals surface area contributed by atoms with Gasteiger partial charge in [-0.15, -0.1) is 11.3 Å². The molecule has 7 heteroatoms. The number of hydrogen-bond acceptors (Lipinski definition) is 5. The fraction of sp³-hybridized carbons (Fsp3) is 0.600. The second-order valence-electron chi connectivity index (χ2n) is 3.94. The monoisotopic (exact) mass is 276 g/mol. The molecule has 2 rings (SSSR count). The van der Waals surface area contributed by atoms with Gasteiger partial charge < -0.3 is 10.1 Å². The molecule has 1 aromatic rings. The number of morpholine rings is 1. The Hall–Kier alpha value is -0.470. The molecular formula is C10H16N2O3S2. The van der Waals surface area contributed by atoms with E-state index < -0.39 is 10.0 Å². The van der Waals surface area contributed by atoms with Gasteiger partial charge in [-0.05, 0) is 19.1 Å².